The number of aromatic nitrogens is 1. The van der Waals surface area contributed by atoms with Crippen LogP contribution in [0, 0.1) is 6.92 Å². The summed E-state index contributed by atoms with van der Waals surface area (Å²) in [4.78, 5) is 36.2. The topological polar surface area (TPSA) is 114 Å². The smallest absolute Gasteiger partial charge is 0.356 e. The Morgan fingerprint density at radius 1 is 1.12 bits per heavy atom. The minimum Gasteiger partial charge on any atom is -0.478 e. The number of pyridine rings is 1. The Balaban J connectivity index is 0.000000257. The van der Waals surface area contributed by atoms with Crippen molar-refractivity contribution in [3.63, 3.8) is 0 Å². The molecule has 8 heteroatoms. The van der Waals surface area contributed by atoms with Gasteiger partial charge in [0.25, 0.3) is 0 Å². The maximum Gasteiger partial charge on any atom is 0.356 e. The van der Waals surface area contributed by atoms with Gasteiger partial charge in [-0.25, -0.2) is 19.4 Å². The summed E-state index contributed by atoms with van der Waals surface area (Å²) in [5.74, 6) is -2.76. The van der Waals surface area contributed by atoms with Crippen molar-refractivity contribution in [2.45, 2.75) is 13.8 Å². The summed E-state index contributed by atoms with van der Waals surface area (Å²) >= 11 is 5.63. The van der Waals surface area contributed by atoms with E-state index in [9.17, 15) is 14.4 Å². The van der Waals surface area contributed by atoms with Crippen molar-refractivity contribution in [1.29, 1.82) is 0 Å². The number of carbonyl (C=O) groups is 3. The molecule has 0 aliphatic heterocycles. The molecule has 0 atom stereocenters. The average molecular weight is 366 g/mol. The molecule has 0 saturated carbocycles. The standard InChI is InChI=1S/C9H7ClO4.C8H9NO2/c1-4-5(8(11)12)2-3-6(10)7(4)9(13)14;1-2-11-8(10)7-5-3-4-6-9-7/h2-3H,1H3,(H,11,12)(H,13,14);3-6H,2H2,1H3. The number of rotatable bonds is 4. The van der Waals surface area contributed by atoms with Crippen molar-refractivity contribution in [3.05, 3.63) is 63.9 Å². The number of carboxylic acids is 2. The van der Waals surface area contributed by atoms with Gasteiger partial charge >= 0.3 is 17.9 Å². The zero-order valence-electron chi connectivity index (χ0n) is 13.5. The van der Waals surface area contributed by atoms with E-state index in [0.29, 0.717) is 12.3 Å². The zero-order valence-corrected chi connectivity index (χ0v) is 14.3. The van der Waals surface area contributed by atoms with Gasteiger partial charge in [-0.05, 0) is 43.7 Å². The lowest BCUT2D eigenvalue weighted by atomic mass is 10.0. The second-order valence-corrected chi connectivity index (χ2v) is 5.05. The second kappa shape index (κ2) is 9.39. The monoisotopic (exact) mass is 365 g/mol. The molecule has 2 N–H and O–H groups in total. The van der Waals surface area contributed by atoms with Gasteiger partial charge in [0.15, 0.2) is 0 Å². The quantitative estimate of drug-likeness (QED) is 0.799. The van der Waals surface area contributed by atoms with E-state index < -0.39 is 11.9 Å². The van der Waals surface area contributed by atoms with Crippen LogP contribution in [-0.2, 0) is 4.74 Å². The number of nitrogens with zero attached hydrogens (tertiary/aromatic N) is 1. The summed E-state index contributed by atoms with van der Waals surface area (Å²) in [7, 11) is 0. The van der Waals surface area contributed by atoms with Crippen LogP contribution in [0.3, 0.4) is 0 Å². The molecule has 0 amide bonds. The summed E-state index contributed by atoms with van der Waals surface area (Å²) in [5.41, 5.74) is 0.310. The Kier molecular flexibility index (Phi) is 7.55. The predicted molar refractivity (Wildman–Crippen MR) is 90.3 cm³/mol. The molecule has 0 radical (unpaired) electrons. The van der Waals surface area contributed by atoms with Crippen molar-refractivity contribution in [2.75, 3.05) is 6.61 Å². The van der Waals surface area contributed by atoms with Crippen LogP contribution in [-0.4, -0.2) is 39.7 Å². The van der Waals surface area contributed by atoms with Gasteiger partial charge in [-0.15, -0.1) is 0 Å². The third kappa shape index (κ3) is 5.58. The molecule has 132 valence electrons. The third-order valence-electron chi connectivity index (χ3n) is 3.01. The lowest BCUT2D eigenvalue weighted by Crippen LogP contribution is -2.07. The van der Waals surface area contributed by atoms with E-state index in [2.05, 4.69) is 4.98 Å². The van der Waals surface area contributed by atoms with Crippen LogP contribution in [0.15, 0.2) is 36.5 Å². The van der Waals surface area contributed by atoms with Gasteiger partial charge in [0, 0.05) is 6.20 Å². The molecule has 0 aliphatic carbocycles. The Hall–Kier alpha value is -2.93. The van der Waals surface area contributed by atoms with Gasteiger partial charge in [0.1, 0.15) is 5.69 Å². The Morgan fingerprint density at radius 3 is 2.28 bits per heavy atom. The molecule has 0 saturated heterocycles. The highest BCUT2D eigenvalue weighted by Gasteiger charge is 2.18. The van der Waals surface area contributed by atoms with Gasteiger partial charge in [-0.1, -0.05) is 17.7 Å². The molecular weight excluding hydrogens is 350 g/mol. The molecule has 7 nitrogen and oxygen atoms in total. The number of halogens is 1. The number of carbonyl (C=O) groups excluding carboxylic acids is 1. The summed E-state index contributed by atoms with van der Waals surface area (Å²) in [5, 5.41) is 17.5. The number of esters is 1. The number of benzene rings is 1. The Labute approximate surface area is 148 Å². The highest BCUT2D eigenvalue weighted by Crippen LogP contribution is 2.22. The molecule has 2 rings (SSSR count). The van der Waals surface area contributed by atoms with Crippen LogP contribution in [0.1, 0.15) is 43.7 Å². The largest absolute Gasteiger partial charge is 0.478 e. The minimum absolute atomic E-state index is 0.0417. The van der Waals surface area contributed by atoms with Crippen LogP contribution in [0.4, 0.5) is 0 Å². The fourth-order valence-electron chi connectivity index (χ4n) is 1.86. The van der Waals surface area contributed by atoms with Crippen LogP contribution in [0.5, 0.6) is 0 Å². The predicted octanol–water partition coefficient (Wildman–Crippen LogP) is 3.30. The Morgan fingerprint density at radius 2 is 1.80 bits per heavy atom. The Bertz CT molecular complexity index is 776. The molecule has 1 heterocycles. The highest BCUT2D eigenvalue weighted by atomic mass is 35.5. The summed E-state index contributed by atoms with van der Waals surface area (Å²) in [6, 6.07) is 7.67. The number of aromatic carboxylic acids is 2. The van der Waals surface area contributed by atoms with Gasteiger partial charge in [-0.2, -0.15) is 0 Å². The zero-order chi connectivity index (χ0) is 19.0. The number of hydrogen-bond donors (Lipinski definition) is 2. The summed E-state index contributed by atoms with van der Waals surface area (Å²) in [6.07, 6.45) is 1.56. The third-order valence-corrected chi connectivity index (χ3v) is 3.32. The maximum atomic E-state index is 11.0. The van der Waals surface area contributed by atoms with Crippen LogP contribution in [0.2, 0.25) is 5.02 Å². The molecular formula is C17H16ClNO6. The van der Waals surface area contributed by atoms with Crippen LogP contribution >= 0.6 is 11.6 Å². The molecule has 1 aromatic heterocycles. The van der Waals surface area contributed by atoms with Gasteiger partial charge in [0.2, 0.25) is 0 Å². The van der Waals surface area contributed by atoms with Gasteiger partial charge in [0.05, 0.1) is 22.8 Å². The minimum atomic E-state index is -1.23. The van der Waals surface area contributed by atoms with Crippen molar-refractivity contribution in [2.24, 2.45) is 0 Å². The highest BCUT2D eigenvalue weighted by molar-refractivity contribution is 6.33. The van der Waals surface area contributed by atoms with Crippen molar-refractivity contribution in [3.8, 4) is 0 Å². The number of ether oxygens (including phenoxy) is 1. The van der Waals surface area contributed by atoms with Crippen molar-refractivity contribution >= 4 is 29.5 Å². The molecule has 0 fully saturated rings. The van der Waals surface area contributed by atoms with Gasteiger partial charge < -0.3 is 14.9 Å². The normalized spacial score (nSPS) is 9.56. The molecule has 1 aromatic carbocycles. The van der Waals surface area contributed by atoms with E-state index in [1.807, 2.05) is 0 Å². The van der Waals surface area contributed by atoms with Gasteiger partial charge in [-0.3, -0.25) is 0 Å². The van der Waals surface area contributed by atoms with E-state index in [1.54, 1.807) is 31.3 Å². The lowest BCUT2D eigenvalue weighted by molar-refractivity contribution is 0.0518. The van der Waals surface area contributed by atoms with E-state index >= 15 is 0 Å². The first-order chi connectivity index (χ1) is 11.8. The molecule has 0 bridgehead atoms. The molecule has 2 aromatic rings. The maximum absolute atomic E-state index is 11.0. The summed E-state index contributed by atoms with van der Waals surface area (Å²) in [6.45, 7) is 3.56. The van der Waals surface area contributed by atoms with Crippen molar-refractivity contribution in [1.82, 2.24) is 4.98 Å². The second-order valence-electron chi connectivity index (χ2n) is 4.64. The first-order valence-corrected chi connectivity index (χ1v) is 7.51. The molecule has 0 spiro atoms. The van der Waals surface area contributed by atoms with Crippen LogP contribution in [0.25, 0.3) is 0 Å². The summed E-state index contributed by atoms with van der Waals surface area (Å²) < 4.78 is 4.73. The molecule has 0 aliphatic rings. The van der Waals surface area contributed by atoms with Crippen molar-refractivity contribution < 1.29 is 29.3 Å². The lowest BCUT2D eigenvalue weighted by Gasteiger charge is -2.06. The number of hydrogen-bond acceptors (Lipinski definition) is 5. The van der Waals surface area contributed by atoms with Crippen LogP contribution < -0.4 is 0 Å². The fourth-order valence-corrected chi connectivity index (χ4v) is 2.15. The fraction of sp³-hybridized carbons (Fsp3) is 0.176. The first-order valence-electron chi connectivity index (χ1n) is 7.13. The number of carboxylic acid groups (broad SMARTS) is 2. The SMILES string of the molecule is CCOC(=O)c1ccccn1.Cc1c(C(=O)O)ccc(Cl)c1C(=O)O. The van der Waals surface area contributed by atoms with E-state index in [0.717, 1.165) is 0 Å². The molecule has 0 unspecified atom stereocenters. The van der Waals surface area contributed by atoms with E-state index in [1.165, 1.54) is 19.1 Å². The average Bonchev–Trinajstić information content (AvgIpc) is 2.56. The first kappa shape index (κ1) is 20.1. The van der Waals surface area contributed by atoms with E-state index in [4.69, 9.17) is 26.6 Å². The van der Waals surface area contributed by atoms with E-state index in [-0.39, 0.29) is 27.7 Å². The molecule has 25 heavy (non-hydrogen) atoms.